The van der Waals surface area contributed by atoms with Gasteiger partial charge in [-0.3, -0.25) is 4.79 Å². The molecule has 4 N–H and O–H groups in total. The Hall–Kier alpha value is -2.15. The average molecular weight is 268 g/mol. The Bertz CT molecular complexity index is 489. The van der Waals surface area contributed by atoms with Crippen LogP contribution >= 0.6 is 0 Å². The molecule has 0 fully saturated rings. The van der Waals surface area contributed by atoms with Crippen molar-refractivity contribution >= 4 is 11.7 Å². The average Bonchev–Trinajstić information content (AvgIpc) is 2.39. The SMILES string of the molecule is CN(C)C(=O)CNCc1cccc(/C(N)=N/O)c1F. The number of halogens is 1. The van der Waals surface area contributed by atoms with Crippen molar-refractivity contribution in [1.29, 1.82) is 0 Å². The Morgan fingerprint density at radius 3 is 2.79 bits per heavy atom. The fourth-order valence-electron chi connectivity index (χ4n) is 1.43. The highest BCUT2D eigenvalue weighted by molar-refractivity contribution is 5.97. The van der Waals surface area contributed by atoms with Gasteiger partial charge in [-0.25, -0.2) is 4.39 Å². The fraction of sp³-hybridized carbons (Fsp3) is 0.333. The van der Waals surface area contributed by atoms with Crippen LogP contribution in [-0.4, -0.2) is 42.5 Å². The Labute approximate surface area is 110 Å². The lowest BCUT2D eigenvalue weighted by Crippen LogP contribution is -2.32. The van der Waals surface area contributed by atoms with E-state index >= 15 is 0 Å². The zero-order valence-corrected chi connectivity index (χ0v) is 10.9. The molecular weight excluding hydrogens is 251 g/mol. The first-order chi connectivity index (χ1) is 8.97. The number of nitrogens with two attached hydrogens (primary N) is 1. The molecule has 7 heteroatoms. The third-order valence-corrected chi connectivity index (χ3v) is 2.55. The molecule has 6 nitrogen and oxygen atoms in total. The van der Waals surface area contributed by atoms with Crippen LogP contribution in [0.1, 0.15) is 11.1 Å². The zero-order chi connectivity index (χ0) is 14.4. The highest BCUT2D eigenvalue weighted by Crippen LogP contribution is 2.12. The first-order valence-corrected chi connectivity index (χ1v) is 5.63. The predicted molar refractivity (Wildman–Crippen MR) is 69.3 cm³/mol. The number of oxime groups is 1. The number of carbonyl (C=O) groups excluding carboxylic acids is 1. The van der Waals surface area contributed by atoms with Crippen molar-refractivity contribution in [2.24, 2.45) is 10.9 Å². The molecule has 104 valence electrons. The smallest absolute Gasteiger partial charge is 0.236 e. The molecule has 0 aliphatic rings. The second-order valence-corrected chi connectivity index (χ2v) is 4.16. The summed E-state index contributed by atoms with van der Waals surface area (Å²) in [5.41, 5.74) is 5.73. The summed E-state index contributed by atoms with van der Waals surface area (Å²) in [5.74, 6) is -0.959. The third kappa shape index (κ3) is 3.92. The van der Waals surface area contributed by atoms with Gasteiger partial charge in [0.2, 0.25) is 5.91 Å². The Morgan fingerprint density at radius 2 is 2.21 bits per heavy atom. The van der Waals surface area contributed by atoms with Gasteiger partial charge in [0, 0.05) is 26.2 Å². The molecule has 0 aliphatic carbocycles. The molecule has 0 heterocycles. The first kappa shape index (κ1) is 14.9. The molecule has 0 bridgehead atoms. The lowest BCUT2D eigenvalue weighted by Gasteiger charge is -2.12. The summed E-state index contributed by atoms with van der Waals surface area (Å²) in [7, 11) is 3.28. The van der Waals surface area contributed by atoms with Crippen LogP contribution in [0, 0.1) is 5.82 Å². The van der Waals surface area contributed by atoms with Crippen molar-refractivity contribution in [1.82, 2.24) is 10.2 Å². The summed E-state index contributed by atoms with van der Waals surface area (Å²) >= 11 is 0. The van der Waals surface area contributed by atoms with E-state index in [1.165, 1.54) is 11.0 Å². The number of rotatable bonds is 5. The lowest BCUT2D eigenvalue weighted by atomic mass is 10.1. The molecule has 1 rings (SSSR count). The molecule has 0 saturated heterocycles. The van der Waals surface area contributed by atoms with E-state index in [0.717, 1.165) is 0 Å². The summed E-state index contributed by atoms with van der Waals surface area (Å²) in [5, 5.41) is 14.1. The monoisotopic (exact) mass is 268 g/mol. The minimum atomic E-state index is -0.567. The van der Waals surface area contributed by atoms with Crippen molar-refractivity contribution in [3.8, 4) is 0 Å². The third-order valence-electron chi connectivity index (χ3n) is 2.55. The molecule has 1 amide bonds. The Balaban J connectivity index is 2.72. The molecule has 0 radical (unpaired) electrons. The van der Waals surface area contributed by atoms with Crippen molar-refractivity contribution in [2.45, 2.75) is 6.54 Å². The van der Waals surface area contributed by atoms with E-state index in [-0.39, 0.29) is 30.4 Å². The summed E-state index contributed by atoms with van der Waals surface area (Å²) in [6.45, 7) is 0.290. The van der Waals surface area contributed by atoms with Gasteiger partial charge in [-0.05, 0) is 6.07 Å². The highest BCUT2D eigenvalue weighted by atomic mass is 19.1. The van der Waals surface area contributed by atoms with Crippen LogP contribution in [-0.2, 0) is 11.3 Å². The topological polar surface area (TPSA) is 91.0 Å². The summed E-state index contributed by atoms with van der Waals surface area (Å²) in [6.07, 6.45) is 0. The van der Waals surface area contributed by atoms with E-state index in [0.29, 0.717) is 5.56 Å². The quantitative estimate of drug-likeness (QED) is 0.306. The molecule has 0 spiro atoms. The van der Waals surface area contributed by atoms with E-state index < -0.39 is 5.82 Å². The molecule has 1 aromatic carbocycles. The minimum absolute atomic E-state index is 0.0285. The van der Waals surface area contributed by atoms with Gasteiger partial charge < -0.3 is 21.2 Å². The zero-order valence-electron chi connectivity index (χ0n) is 10.9. The van der Waals surface area contributed by atoms with Crippen molar-refractivity contribution in [3.63, 3.8) is 0 Å². The molecule has 0 saturated carbocycles. The van der Waals surface area contributed by atoms with Crippen LogP contribution in [0.2, 0.25) is 0 Å². The summed E-state index contributed by atoms with van der Waals surface area (Å²) in [6, 6.07) is 4.58. The van der Waals surface area contributed by atoms with E-state index in [2.05, 4.69) is 10.5 Å². The summed E-state index contributed by atoms with van der Waals surface area (Å²) in [4.78, 5) is 12.8. The molecule has 1 aromatic rings. The van der Waals surface area contributed by atoms with Crippen LogP contribution in [0.3, 0.4) is 0 Å². The fourth-order valence-corrected chi connectivity index (χ4v) is 1.43. The van der Waals surface area contributed by atoms with Gasteiger partial charge in [-0.1, -0.05) is 17.3 Å². The van der Waals surface area contributed by atoms with Gasteiger partial charge >= 0.3 is 0 Å². The second kappa shape index (κ2) is 6.69. The predicted octanol–water partition coefficient (Wildman–Crippen LogP) is 0.0980. The normalized spacial score (nSPS) is 11.4. The van der Waals surface area contributed by atoms with E-state index in [9.17, 15) is 9.18 Å². The van der Waals surface area contributed by atoms with E-state index in [1.807, 2.05) is 0 Å². The molecular formula is C12H17FN4O2. The summed E-state index contributed by atoms with van der Waals surface area (Å²) < 4.78 is 14.0. The molecule has 0 unspecified atom stereocenters. The largest absolute Gasteiger partial charge is 0.409 e. The lowest BCUT2D eigenvalue weighted by molar-refractivity contribution is -0.127. The number of nitrogens with zero attached hydrogens (tertiary/aromatic N) is 2. The number of benzene rings is 1. The number of likely N-dealkylation sites (N-methyl/N-ethyl adjacent to an activating group) is 1. The second-order valence-electron chi connectivity index (χ2n) is 4.16. The number of nitrogens with one attached hydrogen (secondary N) is 1. The number of amides is 1. The van der Waals surface area contributed by atoms with Gasteiger partial charge in [-0.2, -0.15) is 0 Å². The maximum atomic E-state index is 14.0. The van der Waals surface area contributed by atoms with Crippen LogP contribution < -0.4 is 11.1 Å². The van der Waals surface area contributed by atoms with Crippen molar-refractivity contribution in [2.75, 3.05) is 20.6 Å². The number of carbonyl (C=O) groups is 1. The molecule has 0 aliphatic heterocycles. The highest BCUT2D eigenvalue weighted by Gasteiger charge is 2.11. The van der Waals surface area contributed by atoms with Crippen molar-refractivity contribution in [3.05, 3.63) is 35.1 Å². The number of amidine groups is 1. The van der Waals surface area contributed by atoms with Crippen LogP contribution in [0.25, 0.3) is 0 Å². The van der Waals surface area contributed by atoms with Crippen LogP contribution in [0.5, 0.6) is 0 Å². The van der Waals surface area contributed by atoms with Gasteiger partial charge in [0.15, 0.2) is 5.84 Å². The minimum Gasteiger partial charge on any atom is -0.409 e. The van der Waals surface area contributed by atoms with Crippen LogP contribution in [0.15, 0.2) is 23.4 Å². The Morgan fingerprint density at radius 1 is 1.53 bits per heavy atom. The van der Waals surface area contributed by atoms with E-state index in [1.54, 1.807) is 26.2 Å². The molecule has 19 heavy (non-hydrogen) atoms. The van der Waals surface area contributed by atoms with Crippen molar-refractivity contribution < 1.29 is 14.4 Å². The maximum Gasteiger partial charge on any atom is 0.236 e. The number of hydrogen-bond acceptors (Lipinski definition) is 4. The maximum absolute atomic E-state index is 14.0. The molecule has 0 aromatic heterocycles. The van der Waals surface area contributed by atoms with Gasteiger partial charge in [0.25, 0.3) is 0 Å². The van der Waals surface area contributed by atoms with Gasteiger partial charge in [0.1, 0.15) is 5.82 Å². The first-order valence-electron chi connectivity index (χ1n) is 5.63. The van der Waals surface area contributed by atoms with Gasteiger partial charge in [0.05, 0.1) is 12.1 Å². The molecule has 0 atom stereocenters. The van der Waals surface area contributed by atoms with E-state index in [4.69, 9.17) is 10.9 Å². The van der Waals surface area contributed by atoms with Crippen LogP contribution in [0.4, 0.5) is 4.39 Å². The standard InChI is InChI=1S/C12H17FN4O2/c1-17(2)10(18)7-15-6-8-4-3-5-9(11(8)13)12(14)16-19/h3-5,15,19H,6-7H2,1-2H3,(H2,14,16). The Kier molecular flexibility index (Phi) is 5.25. The van der Waals surface area contributed by atoms with Gasteiger partial charge in [-0.15, -0.1) is 0 Å². The number of hydrogen-bond donors (Lipinski definition) is 3.